The molecule has 3 aromatic rings. The molecule has 0 saturated carbocycles. The van der Waals surface area contributed by atoms with E-state index in [1.807, 2.05) is 43.7 Å². The first-order valence-electron chi connectivity index (χ1n) is 8.91. The number of nitrogens with one attached hydrogen (secondary N) is 2. The summed E-state index contributed by atoms with van der Waals surface area (Å²) in [5, 5.41) is 22.2. The van der Waals surface area contributed by atoms with Gasteiger partial charge in [-0.25, -0.2) is 10.5 Å². The summed E-state index contributed by atoms with van der Waals surface area (Å²) in [5.41, 5.74) is 6.43. The number of hydrogen-bond donors (Lipinski definition) is 4. The van der Waals surface area contributed by atoms with Crippen molar-refractivity contribution in [3.63, 3.8) is 0 Å². The molecule has 2 heterocycles. The van der Waals surface area contributed by atoms with E-state index in [1.54, 1.807) is 12.3 Å². The van der Waals surface area contributed by atoms with E-state index in [2.05, 4.69) is 21.8 Å². The summed E-state index contributed by atoms with van der Waals surface area (Å²) in [6, 6.07) is 9.59. The number of pyridine rings is 1. The van der Waals surface area contributed by atoms with Crippen LogP contribution in [0.15, 0.2) is 36.5 Å². The molecular weight excluding hydrogens is 360 g/mol. The summed E-state index contributed by atoms with van der Waals surface area (Å²) in [7, 11) is 1.83. The van der Waals surface area contributed by atoms with Gasteiger partial charge in [0.2, 0.25) is 0 Å². The number of benzene rings is 1. The summed E-state index contributed by atoms with van der Waals surface area (Å²) in [6.07, 6.45) is 0.598. The van der Waals surface area contributed by atoms with Crippen molar-refractivity contribution in [1.29, 1.82) is 0 Å². The highest BCUT2D eigenvalue weighted by molar-refractivity contribution is 6.11. The van der Waals surface area contributed by atoms with Crippen molar-refractivity contribution < 1.29 is 19.8 Å². The van der Waals surface area contributed by atoms with Gasteiger partial charge in [0, 0.05) is 24.3 Å². The first-order valence-corrected chi connectivity index (χ1v) is 8.91. The second kappa shape index (κ2) is 8.39. The molecular formula is C20H24N4O4. The molecule has 1 amide bonds. The van der Waals surface area contributed by atoms with Gasteiger partial charge in [0.05, 0.1) is 12.2 Å². The van der Waals surface area contributed by atoms with Gasteiger partial charge in [-0.2, -0.15) is 0 Å². The van der Waals surface area contributed by atoms with Crippen molar-refractivity contribution in [2.75, 3.05) is 18.5 Å². The third kappa shape index (κ3) is 3.99. The first kappa shape index (κ1) is 19.8. The van der Waals surface area contributed by atoms with Crippen molar-refractivity contribution >= 4 is 28.4 Å². The SMILES string of the molecule is Cc1ccc(Nc2c(C(=O)NOC[C@H](O)CO)c3cccnc3n2C)c(C)c1. The number of hydroxylamine groups is 1. The van der Waals surface area contributed by atoms with Gasteiger partial charge in [-0.1, -0.05) is 17.7 Å². The minimum Gasteiger partial charge on any atom is -0.394 e. The van der Waals surface area contributed by atoms with Crippen molar-refractivity contribution in [3.8, 4) is 0 Å². The maximum Gasteiger partial charge on any atom is 0.279 e. The molecule has 0 spiro atoms. The van der Waals surface area contributed by atoms with Crippen LogP contribution in [0.5, 0.6) is 0 Å². The second-order valence-electron chi connectivity index (χ2n) is 6.68. The lowest BCUT2D eigenvalue weighted by Crippen LogP contribution is -2.30. The van der Waals surface area contributed by atoms with Gasteiger partial charge in [-0.15, -0.1) is 0 Å². The van der Waals surface area contributed by atoms with E-state index in [0.717, 1.165) is 16.8 Å². The number of aliphatic hydroxyl groups is 2. The molecule has 0 aliphatic carbocycles. The standard InChI is InChI=1S/C20H24N4O4/c1-12-6-7-16(13(2)9-12)22-19-17(20(27)23-28-11-14(26)10-25)15-5-4-8-21-18(15)24(19)3/h4-9,14,22,25-26H,10-11H2,1-3H3,(H,23,27)/t14-/m1/s1. The van der Waals surface area contributed by atoms with E-state index in [9.17, 15) is 9.90 Å². The average Bonchev–Trinajstić information content (AvgIpc) is 2.96. The number of anilines is 2. The summed E-state index contributed by atoms with van der Waals surface area (Å²) in [6.45, 7) is 3.35. The van der Waals surface area contributed by atoms with Gasteiger partial charge in [0.1, 0.15) is 24.2 Å². The van der Waals surface area contributed by atoms with Crippen LogP contribution in [0.3, 0.4) is 0 Å². The van der Waals surface area contributed by atoms with Gasteiger partial charge in [-0.05, 0) is 37.6 Å². The zero-order valence-corrected chi connectivity index (χ0v) is 16.1. The molecule has 2 aromatic heterocycles. The molecule has 0 bridgehead atoms. The Hall–Kier alpha value is -2.94. The minimum atomic E-state index is -1.07. The topological polar surface area (TPSA) is 109 Å². The Morgan fingerprint density at radius 3 is 2.82 bits per heavy atom. The summed E-state index contributed by atoms with van der Waals surface area (Å²) in [5.74, 6) is 0.0977. The molecule has 0 aliphatic heterocycles. The highest BCUT2D eigenvalue weighted by Gasteiger charge is 2.23. The number of aliphatic hydroxyl groups excluding tert-OH is 2. The zero-order valence-electron chi connectivity index (χ0n) is 16.1. The summed E-state index contributed by atoms with van der Waals surface area (Å²) < 4.78 is 1.81. The van der Waals surface area contributed by atoms with Crippen LogP contribution < -0.4 is 10.8 Å². The Balaban J connectivity index is 1.98. The van der Waals surface area contributed by atoms with Crippen LogP contribution >= 0.6 is 0 Å². The van der Waals surface area contributed by atoms with Crippen LogP contribution in [0.25, 0.3) is 11.0 Å². The number of rotatable bonds is 7. The maximum atomic E-state index is 12.8. The van der Waals surface area contributed by atoms with Crippen LogP contribution in [0, 0.1) is 13.8 Å². The lowest BCUT2D eigenvalue weighted by Gasteiger charge is -2.14. The minimum absolute atomic E-state index is 0.217. The van der Waals surface area contributed by atoms with E-state index in [0.29, 0.717) is 22.4 Å². The van der Waals surface area contributed by atoms with E-state index < -0.39 is 18.6 Å². The summed E-state index contributed by atoms with van der Waals surface area (Å²) >= 11 is 0. The van der Waals surface area contributed by atoms with Gasteiger partial charge in [-0.3, -0.25) is 9.63 Å². The van der Waals surface area contributed by atoms with Gasteiger partial charge >= 0.3 is 0 Å². The molecule has 1 atom stereocenters. The lowest BCUT2D eigenvalue weighted by molar-refractivity contribution is -0.0294. The predicted octanol–water partition coefficient (Wildman–Crippen LogP) is 1.95. The van der Waals surface area contributed by atoms with Crippen LogP contribution in [-0.2, 0) is 11.9 Å². The fraction of sp³-hybridized carbons (Fsp3) is 0.300. The number of carbonyl (C=O) groups excluding carboxylic acids is 1. The Kier molecular flexibility index (Phi) is 5.93. The zero-order chi connectivity index (χ0) is 20.3. The molecule has 0 aliphatic rings. The van der Waals surface area contributed by atoms with Crippen molar-refractivity contribution in [1.82, 2.24) is 15.0 Å². The number of aromatic nitrogens is 2. The Morgan fingerprint density at radius 2 is 2.11 bits per heavy atom. The highest BCUT2D eigenvalue weighted by Crippen LogP contribution is 2.31. The Morgan fingerprint density at radius 1 is 1.32 bits per heavy atom. The molecule has 0 radical (unpaired) electrons. The first-order chi connectivity index (χ1) is 13.4. The number of carbonyl (C=O) groups is 1. The fourth-order valence-electron chi connectivity index (χ4n) is 3.03. The van der Waals surface area contributed by atoms with Crippen molar-refractivity contribution in [2.45, 2.75) is 20.0 Å². The van der Waals surface area contributed by atoms with Crippen molar-refractivity contribution in [2.24, 2.45) is 7.05 Å². The molecule has 8 nitrogen and oxygen atoms in total. The van der Waals surface area contributed by atoms with Gasteiger partial charge in [0.25, 0.3) is 5.91 Å². The highest BCUT2D eigenvalue weighted by atomic mass is 16.7. The molecule has 0 saturated heterocycles. The van der Waals surface area contributed by atoms with Crippen molar-refractivity contribution in [3.05, 3.63) is 53.2 Å². The quantitative estimate of drug-likeness (QED) is 0.464. The van der Waals surface area contributed by atoms with Gasteiger partial charge in [0.15, 0.2) is 0 Å². The molecule has 148 valence electrons. The largest absolute Gasteiger partial charge is 0.394 e. The van der Waals surface area contributed by atoms with Gasteiger partial charge < -0.3 is 20.1 Å². The number of aryl methyl sites for hydroxylation is 3. The second-order valence-corrected chi connectivity index (χ2v) is 6.68. The molecule has 4 N–H and O–H groups in total. The molecule has 8 heteroatoms. The third-order valence-corrected chi connectivity index (χ3v) is 4.46. The molecule has 0 fully saturated rings. The van der Waals surface area contributed by atoms with Crippen LogP contribution in [0.4, 0.5) is 11.5 Å². The lowest BCUT2D eigenvalue weighted by atomic mass is 10.1. The smallest absolute Gasteiger partial charge is 0.279 e. The predicted molar refractivity (Wildman–Crippen MR) is 106 cm³/mol. The number of hydrogen-bond acceptors (Lipinski definition) is 6. The Bertz CT molecular complexity index is 999. The molecule has 0 unspecified atom stereocenters. The van der Waals surface area contributed by atoms with Crippen LogP contribution in [0.1, 0.15) is 21.5 Å². The van der Waals surface area contributed by atoms with E-state index in [1.165, 1.54) is 0 Å². The van der Waals surface area contributed by atoms with Crippen LogP contribution in [-0.4, -0.2) is 45.0 Å². The normalized spacial score (nSPS) is 12.2. The van der Waals surface area contributed by atoms with E-state index in [-0.39, 0.29) is 6.61 Å². The van der Waals surface area contributed by atoms with Crippen LogP contribution in [0.2, 0.25) is 0 Å². The third-order valence-electron chi connectivity index (χ3n) is 4.46. The number of amides is 1. The number of nitrogens with zero attached hydrogens (tertiary/aromatic N) is 2. The average molecular weight is 384 g/mol. The van der Waals surface area contributed by atoms with E-state index in [4.69, 9.17) is 9.94 Å². The van der Waals surface area contributed by atoms with E-state index >= 15 is 0 Å². The maximum absolute atomic E-state index is 12.8. The summed E-state index contributed by atoms with van der Waals surface area (Å²) in [4.78, 5) is 22.2. The molecule has 28 heavy (non-hydrogen) atoms. The monoisotopic (exact) mass is 384 g/mol. The fourth-order valence-corrected chi connectivity index (χ4v) is 3.03. The molecule has 3 rings (SSSR count). The Labute approximate surface area is 162 Å². The molecule has 1 aromatic carbocycles. The number of fused-ring (bicyclic) bond motifs is 1.